The van der Waals surface area contributed by atoms with Gasteiger partial charge in [0.05, 0.1) is 11.7 Å². The highest BCUT2D eigenvalue weighted by atomic mass is 16.3. The zero-order valence-electron chi connectivity index (χ0n) is 8.75. The van der Waals surface area contributed by atoms with Crippen molar-refractivity contribution in [3.63, 3.8) is 0 Å². The highest BCUT2D eigenvalue weighted by Crippen LogP contribution is 2.64. The lowest BCUT2D eigenvalue weighted by Crippen LogP contribution is -2.65. The molecule has 76 valence electrons. The van der Waals surface area contributed by atoms with Crippen molar-refractivity contribution >= 4 is 0 Å². The van der Waals surface area contributed by atoms with Gasteiger partial charge in [0.15, 0.2) is 0 Å². The quantitative estimate of drug-likeness (QED) is 0.649. The van der Waals surface area contributed by atoms with E-state index in [-0.39, 0.29) is 11.5 Å². The fourth-order valence-corrected chi connectivity index (χ4v) is 3.54. The van der Waals surface area contributed by atoms with Crippen LogP contribution in [0.25, 0.3) is 0 Å². The first-order valence-electron chi connectivity index (χ1n) is 5.29. The van der Waals surface area contributed by atoms with E-state index in [2.05, 4.69) is 6.92 Å². The zero-order valence-corrected chi connectivity index (χ0v) is 8.75. The van der Waals surface area contributed by atoms with Crippen LogP contribution in [-0.2, 0) is 0 Å². The summed E-state index contributed by atoms with van der Waals surface area (Å²) in [6.45, 7) is 5.92. The van der Waals surface area contributed by atoms with Crippen molar-refractivity contribution in [2.45, 2.75) is 51.7 Å². The smallest absolute Gasteiger partial charge is 0.0654 e. The lowest BCUT2D eigenvalue weighted by molar-refractivity contribution is -0.235. The molecule has 0 radical (unpaired) electrons. The maximum Gasteiger partial charge on any atom is 0.0654 e. The first kappa shape index (κ1) is 9.47. The maximum absolute atomic E-state index is 10.2. The maximum atomic E-state index is 10.2. The molecule has 3 aliphatic rings. The Morgan fingerprint density at radius 1 is 1.38 bits per heavy atom. The first-order chi connectivity index (χ1) is 5.89. The van der Waals surface area contributed by atoms with E-state index in [0.717, 1.165) is 19.3 Å². The van der Waals surface area contributed by atoms with Crippen molar-refractivity contribution in [1.29, 1.82) is 0 Å². The van der Waals surface area contributed by atoms with Crippen LogP contribution in [0.1, 0.15) is 40.0 Å². The van der Waals surface area contributed by atoms with E-state index in [1.165, 1.54) is 0 Å². The standard InChI is InChI=1S/C11H20O2/c1-7(12)11(3)8-4-5-10(2,13)9(11)6-8/h7-9,12-13H,4-6H2,1-3H3. The zero-order chi connectivity index (χ0) is 9.85. The van der Waals surface area contributed by atoms with E-state index in [0.29, 0.717) is 11.8 Å². The lowest BCUT2D eigenvalue weighted by Gasteiger charge is -2.65. The predicted octanol–water partition coefficient (Wildman–Crippen LogP) is 1.55. The Morgan fingerprint density at radius 2 is 2.00 bits per heavy atom. The molecule has 13 heavy (non-hydrogen) atoms. The number of hydrogen-bond donors (Lipinski definition) is 2. The van der Waals surface area contributed by atoms with Crippen molar-refractivity contribution in [2.75, 3.05) is 0 Å². The second-order valence-corrected chi connectivity index (χ2v) is 5.42. The van der Waals surface area contributed by atoms with Gasteiger partial charge in [-0.25, -0.2) is 0 Å². The minimum Gasteiger partial charge on any atom is -0.393 e. The van der Waals surface area contributed by atoms with Crippen molar-refractivity contribution in [1.82, 2.24) is 0 Å². The molecule has 2 bridgehead atoms. The van der Waals surface area contributed by atoms with E-state index in [9.17, 15) is 10.2 Å². The summed E-state index contributed by atoms with van der Waals surface area (Å²) < 4.78 is 0. The van der Waals surface area contributed by atoms with Crippen LogP contribution < -0.4 is 0 Å². The van der Waals surface area contributed by atoms with E-state index in [1.807, 2.05) is 13.8 Å². The average molecular weight is 184 g/mol. The molecule has 0 aromatic heterocycles. The molecule has 3 saturated carbocycles. The van der Waals surface area contributed by atoms with E-state index < -0.39 is 5.60 Å². The normalized spacial score (nSPS) is 57.0. The summed E-state index contributed by atoms with van der Waals surface area (Å²) in [6.07, 6.45) is 2.80. The molecule has 3 rings (SSSR count). The van der Waals surface area contributed by atoms with Crippen LogP contribution in [0.5, 0.6) is 0 Å². The Morgan fingerprint density at radius 3 is 2.31 bits per heavy atom. The van der Waals surface area contributed by atoms with Gasteiger partial charge in [-0.3, -0.25) is 0 Å². The van der Waals surface area contributed by atoms with Gasteiger partial charge in [0.2, 0.25) is 0 Å². The van der Waals surface area contributed by atoms with Crippen LogP contribution in [-0.4, -0.2) is 21.9 Å². The Hall–Kier alpha value is -0.0800. The Bertz CT molecular complexity index is 220. The summed E-state index contributed by atoms with van der Waals surface area (Å²) in [5.41, 5.74) is -0.567. The molecule has 0 aromatic carbocycles. The number of aliphatic hydroxyl groups excluding tert-OH is 1. The van der Waals surface area contributed by atoms with Crippen molar-refractivity contribution in [2.24, 2.45) is 17.3 Å². The largest absolute Gasteiger partial charge is 0.393 e. The topological polar surface area (TPSA) is 40.5 Å². The minimum absolute atomic E-state index is 0.0260. The van der Waals surface area contributed by atoms with Crippen molar-refractivity contribution in [3.05, 3.63) is 0 Å². The third-order valence-corrected chi connectivity index (χ3v) is 4.80. The molecule has 3 fully saturated rings. The van der Waals surface area contributed by atoms with Crippen molar-refractivity contribution < 1.29 is 10.2 Å². The van der Waals surface area contributed by atoms with Gasteiger partial charge < -0.3 is 10.2 Å². The molecule has 2 heteroatoms. The second-order valence-electron chi connectivity index (χ2n) is 5.42. The molecule has 0 aromatic rings. The van der Waals surface area contributed by atoms with Crippen molar-refractivity contribution in [3.8, 4) is 0 Å². The molecule has 0 heterocycles. The fraction of sp³-hybridized carbons (Fsp3) is 1.00. The Balaban J connectivity index is 2.25. The molecule has 5 unspecified atom stereocenters. The van der Waals surface area contributed by atoms with Gasteiger partial charge in [0, 0.05) is 5.41 Å². The molecule has 0 saturated heterocycles. The third kappa shape index (κ3) is 1.02. The predicted molar refractivity (Wildman–Crippen MR) is 51.2 cm³/mol. The van der Waals surface area contributed by atoms with Crippen LogP contribution >= 0.6 is 0 Å². The first-order valence-corrected chi connectivity index (χ1v) is 5.29. The summed E-state index contributed by atoms with van der Waals surface area (Å²) in [7, 11) is 0. The molecular formula is C11H20O2. The highest BCUT2D eigenvalue weighted by Gasteiger charge is 2.63. The molecule has 0 amide bonds. The fourth-order valence-electron chi connectivity index (χ4n) is 3.54. The monoisotopic (exact) mass is 184 g/mol. The summed E-state index contributed by atoms with van der Waals surface area (Å²) in [6, 6.07) is 0. The summed E-state index contributed by atoms with van der Waals surface area (Å²) in [5, 5.41) is 19.9. The van der Waals surface area contributed by atoms with Crippen LogP contribution in [0.2, 0.25) is 0 Å². The van der Waals surface area contributed by atoms with E-state index in [1.54, 1.807) is 0 Å². The average Bonchev–Trinajstić information content (AvgIpc) is 1.99. The number of aliphatic hydroxyl groups is 2. The molecule has 3 aliphatic carbocycles. The van der Waals surface area contributed by atoms with Gasteiger partial charge in [0.1, 0.15) is 0 Å². The summed E-state index contributed by atoms with van der Waals surface area (Å²) in [4.78, 5) is 0. The van der Waals surface area contributed by atoms with Crippen LogP contribution in [0.15, 0.2) is 0 Å². The summed E-state index contributed by atoms with van der Waals surface area (Å²) >= 11 is 0. The number of rotatable bonds is 1. The van der Waals surface area contributed by atoms with Gasteiger partial charge in [-0.05, 0) is 44.9 Å². The highest BCUT2D eigenvalue weighted by molar-refractivity contribution is 5.12. The van der Waals surface area contributed by atoms with E-state index in [4.69, 9.17) is 0 Å². The van der Waals surface area contributed by atoms with Crippen LogP contribution in [0.4, 0.5) is 0 Å². The van der Waals surface area contributed by atoms with Crippen LogP contribution in [0, 0.1) is 17.3 Å². The number of fused-ring (bicyclic) bond motifs is 2. The van der Waals surface area contributed by atoms with E-state index >= 15 is 0 Å². The molecule has 2 N–H and O–H groups in total. The molecule has 5 atom stereocenters. The van der Waals surface area contributed by atoms with Crippen LogP contribution in [0.3, 0.4) is 0 Å². The Kier molecular flexibility index (Phi) is 1.81. The van der Waals surface area contributed by atoms with Gasteiger partial charge in [-0.15, -0.1) is 0 Å². The molecular weight excluding hydrogens is 164 g/mol. The number of hydrogen-bond acceptors (Lipinski definition) is 2. The molecule has 0 spiro atoms. The van der Waals surface area contributed by atoms with Gasteiger partial charge in [-0.2, -0.15) is 0 Å². The molecule has 2 nitrogen and oxygen atoms in total. The summed E-state index contributed by atoms with van der Waals surface area (Å²) in [5.74, 6) is 0.941. The third-order valence-electron chi connectivity index (χ3n) is 4.80. The lowest BCUT2D eigenvalue weighted by atomic mass is 9.42. The second kappa shape index (κ2) is 2.48. The van der Waals surface area contributed by atoms with Gasteiger partial charge in [-0.1, -0.05) is 6.92 Å². The van der Waals surface area contributed by atoms with Gasteiger partial charge in [0.25, 0.3) is 0 Å². The SMILES string of the molecule is CC(O)C1(C)C2CCC(C)(O)C1C2. The Labute approximate surface area is 80.0 Å². The minimum atomic E-state index is -0.541. The molecule has 0 aliphatic heterocycles. The van der Waals surface area contributed by atoms with Gasteiger partial charge >= 0.3 is 0 Å².